The average molecular weight is 281 g/mol. The molecular weight excluding hydrogens is 260 g/mol. The Morgan fingerprint density at radius 1 is 1.47 bits per heavy atom. The van der Waals surface area contributed by atoms with Crippen molar-refractivity contribution in [1.82, 2.24) is 9.97 Å². The Hall–Kier alpha value is -1.03. The van der Waals surface area contributed by atoms with E-state index in [1.807, 2.05) is 6.20 Å². The fraction of sp³-hybridized carbons (Fsp3) is 0.714. The highest BCUT2D eigenvalue weighted by atomic mass is 35.5. The molecule has 1 saturated carbocycles. The monoisotopic (exact) mass is 280 g/mol. The molecule has 0 amide bonds. The number of aromatic nitrogens is 2. The van der Waals surface area contributed by atoms with Crippen LogP contribution in [0.25, 0.3) is 0 Å². The molecule has 0 spiro atoms. The fourth-order valence-corrected chi connectivity index (χ4v) is 3.27. The summed E-state index contributed by atoms with van der Waals surface area (Å²) in [7, 11) is 2.11. The Kier molecular flexibility index (Phi) is 3.29. The summed E-state index contributed by atoms with van der Waals surface area (Å²) in [4.78, 5) is 13.4. The maximum atomic E-state index is 6.01. The molecule has 2 heterocycles. The molecule has 4 nitrogen and oxygen atoms in total. The van der Waals surface area contributed by atoms with Crippen LogP contribution in [-0.4, -0.2) is 35.6 Å². The van der Waals surface area contributed by atoms with Crippen molar-refractivity contribution >= 4 is 23.1 Å². The van der Waals surface area contributed by atoms with Gasteiger partial charge < -0.3 is 9.80 Å². The molecule has 0 aromatic carbocycles. The lowest BCUT2D eigenvalue weighted by atomic mass is 10.0. The number of rotatable bonds is 3. The molecule has 5 heteroatoms. The molecule has 1 aliphatic carbocycles. The Morgan fingerprint density at radius 2 is 2.21 bits per heavy atom. The summed E-state index contributed by atoms with van der Waals surface area (Å²) in [5.74, 6) is 1.83. The lowest BCUT2D eigenvalue weighted by Crippen LogP contribution is -2.52. The molecule has 0 saturated heterocycles. The van der Waals surface area contributed by atoms with Gasteiger partial charge >= 0.3 is 0 Å². The van der Waals surface area contributed by atoms with E-state index in [1.54, 1.807) is 0 Å². The van der Waals surface area contributed by atoms with Gasteiger partial charge in [0.1, 0.15) is 0 Å². The van der Waals surface area contributed by atoms with Gasteiger partial charge in [-0.2, -0.15) is 4.98 Å². The molecule has 0 N–H and O–H groups in total. The van der Waals surface area contributed by atoms with Crippen molar-refractivity contribution < 1.29 is 0 Å². The van der Waals surface area contributed by atoms with Gasteiger partial charge in [-0.1, -0.05) is 6.92 Å². The van der Waals surface area contributed by atoms with Crippen LogP contribution in [0.2, 0.25) is 5.28 Å². The van der Waals surface area contributed by atoms with E-state index in [-0.39, 0.29) is 0 Å². The number of halogens is 1. The zero-order valence-electron chi connectivity index (χ0n) is 11.8. The maximum Gasteiger partial charge on any atom is 0.224 e. The van der Waals surface area contributed by atoms with Crippen LogP contribution < -0.4 is 9.80 Å². The highest BCUT2D eigenvalue weighted by Gasteiger charge is 2.39. The van der Waals surface area contributed by atoms with Gasteiger partial charge in [-0.05, 0) is 43.7 Å². The van der Waals surface area contributed by atoms with Crippen LogP contribution in [0, 0.1) is 5.92 Å². The van der Waals surface area contributed by atoms with Crippen LogP contribution in [0.15, 0.2) is 6.20 Å². The normalized spacial score (nSPS) is 24.3. The van der Waals surface area contributed by atoms with Crippen molar-refractivity contribution in [2.75, 3.05) is 23.4 Å². The Balaban J connectivity index is 2.03. The van der Waals surface area contributed by atoms with Gasteiger partial charge in [0.05, 0.1) is 11.9 Å². The van der Waals surface area contributed by atoms with Crippen LogP contribution in [0.1, 0.15) is 33.1 Å². The van der Waals surface area contributed by atoms with Crippen molar-refractivity contribution in [3.8, 4) is 0 Å². The van der Waals surface area contributed by atoms with Crippen molar-refractivity contribution in [2.24, 2.45) is 5.92 Å². The first-order valence-electron chi connectivity index (χ1n) is 7.13. The summed E-state index contributed by atoms with van der Waals surface area (Å²) in [6, 6.07) is 1.06. The lowest BCUT2D eigenvalue weighted by Gasteiger charge is -2.45. The predicted octanol–water partition coefficient (Wildman–Crippen LogP) is 2.96. The molecule has 1 unspecified atom stereocenters. The minimum atomic E-state index is 0.344. The lowest BCUT2D eigenvalue weighted by molar-refractivity contribution is 0.461. The highest BCUT2D eigenvalue weighted by Crippen LogP contribution is 2.42. The van der Waals surface area contributed by atoms with Crippen LogP contribution in [0.5, 0.6) is 0 Å². The first-order chi connectivity index (χ1) is 9.11. The number of nitrogens with zero attached hydrogens (tertiary/aromatic N) is 4. The molecule has 2 atom stereocenters. The zero-order valence-corrected chi connectivity index (χ0v) is 12.6. The van der Waals surface area contributed by atoms with Crippen LogP contribution >= 0.6 is 11.6 Å². The van der Waals surface area contributed by atoms with E-state index in [2.05, 4.69) is 40.7 Å². The van der Waals surface area contributed by atoms with Crippen molar-refractivity contribution in [3.05, 3.63) is 11.5 Å². The number of hydrogen-bond donors (Lipinski definition) is 0. The van der Waals surface area contributed by atoms with E-state index in [9.17, 15) is 0 Å². The van der Waals surface area contributed by atoms with Crippen molar-refractivity contribution in [3.63, 3.8) is 0 Å². The van der Waals surface area contributed by atoms with E-state index in [0.29, 0.717) is 17.4 Å². The molecule has 19 heavy (non-hydrogen) atoms. The third-order valence-corrected chi connectivity index (χ3v) is 4.65. The summed E-state index contributed by atoms with van der Waals surface area (Å²) in [5, 5.41) is 0.344. The Labute approximate surface area is 119 Å². The molecule has 1 aliphatic heterocycles. The number of fused-ring (bicyclic) bond motifs is 1. The maximum absolute atomic E-state index is 6.01. The quantitative estimate of drug-likeness (QED) is 0.797. The van der Waals surface area contributed by atoms with E-state index in [0.717, 1.165) is 30.4 Å². The molecule has 0 bridgehead atoms. The molecule has 104 valence electrons. The Bertz CT molecular complexity index is 475. The van der Waals surface area contributed by atoms with Crippen molar-refractivity contribution in [1.29, 1.82) is 0 Å². The van der Waals surface area contributed by atoms with Gasteiger partial charge in [0.25, 0.3) is 0 Å². The molecule has 1 aromatic rings. The molecule has 1 aromatic heterocycles. The van der Waals surface area contributed by atoms with Gasteiger partial charge in [0.15, 0.2) is 5.82 Å². The third kappa shape index (κ3) is 2.27. The van der Waals surface area contributed by atoms with E-state index < -0.39 is 0 Å². The SMILES string of the molecule is CC[C@@H]1CN(C)c2cnc(Cl)nc2N1C(C)C1CC1. The van der Waals surface area contributed by atoms with E-state index in [1.165, 1.54) is 12.8 Å². The molecule has 2 aliphatic rings. The van der Waals surface area contributed by atoms with Crippen LogP contribution in [-0.2, 0) is 0 Å². The second-order valence-electron chi connectivity index (χ2n) is 5.78. The smallest absolute Gasteiger partial charge is 0.224 e. The second kappa shape index (κ2) is 4.82. The minimum Gasteiger partial charge on any atom is -0.368 e. The van der Waals surface area contributed by atoms with Gasteiger partial charge in [-0.15, -0.1) is 0 Å². The third-order valence-electron chi connectivity index (χ3n) is 4.47. The standard InChI is InChI=1S/C14H21ClN4/c1-4-11-8-18(3)12-7-16-14(15)17-13(12)19(11)9(2)10-5-6-10/h7,9-11H,4-6,8H2,1-3H3/t9?,11-/m1/s1. The summed E-state index contributed by atoms with van der Waals surface area (Å²) < 4.78 is 0. The average Bonchev–Trinajstić information content (AvgIpc) is 3.21. The first-order valence-corrected chi connectivity index (χ1v) is 7.51. The minimum absolute atomic E-state index is 0.344. The van der Waals surface area contributed by atoms with E-state index >= 15 is 0 Å². The fourth-order valence-electron chi connectivity index (χ4n) is 3.14. The largest absolute Gasteiger partial charge is 0.368 e. The predicted molar refractivity (Wildman–Crippen MR) is 79.1 cm³/mol. The van der Waals surface area contributed by atoms with Gasteiger partial charge in [-0.3, -0.25) is 0 Å². The zero-order chi connectivity index (χ0) is 13.6. The summed E-state index contributed by atoms with van der Waals surface area (Å²) >= 11 is 6.01. The number of hydrogen-bond acceptors (Lipinski definition) is 4. The molecule has 0 radical (unpaired) electrons. The van der Waals surface area contributed by atoms with E-state index in [4.69, 9.17) is 11.6 Å². The molecular formula is C14H21ClN4. The summed E-state index contributed by atoms with van der Waals surface area (Å²) in [6.07, 6.45) is 5.67. The van der Waals surface area contributed by atoms with Crippen molar-refractivity contribution in [2.45, 2.75) is 45.2 Å². The summed E-state index contributed by atoms with van der Waals surface area (Å²) in [5.41, 5.74) is 1.10. The topological polar surface area (TPSA) is 32.3 Å². The number of anilines is 2. The number of likely N-dealkylation sites (N-methyl/N-ethyl adjacent to an activating group) is 1. The van der Waals surface area contributed by atoms with Gasteiger partial charge in [0.2, 0.25) is 5.28 Å². The summed E-state index contributed by atoms with van der Waals surface area (Å²) in [6.45, 7) is 5.61. The molecule has 3 rings (SSSR count). The van der Waals surface area contributed by atoms with Crippen LogP contribution in [0.4, 0.5) is 11.5 Å². The first kappa shape index (κ1) is 13.0. The van der Waals surface area contributed by atoms with Gasteiger partial charge in [-0.25, -0.2) is 4.98 Å². The highest BCUT2D eigenvalue weighted by molar-refractivity contribution is 6.28. The Morgan fingerprint density at radius 3 is 2.84 bits per heavy atom. The molecule has 1 fully saturated rings. The van der Waals surface area contributed by atoms with Crippen LogP contribution in [0.3, 0.4) is 0 Å². The van der Waals surface area contributed by atoms with Gasteiger partial charge in [0, 0.05) is 25.7 Å². The second-order valence-corrected chi connectivity index (χ2v) is 6.11.